The van der Waals surface area contributed by atoms with E-state index in [0.717, 1.165) is 23.8 Å². The van der Waals surface area contributed by atoms with Gasteiger partial charge in [0, 0.05) is 12.1 Å². The summed E-state index contributed by atoms with van der Waals surface area (Å²) < 4.78 is 52.4. The van der Waals surface area contributed by atoms with Crippen molar-refractivity contribution in [2.45, 2.75) is 85.4 Å². The minimum Gasteiger partial charge on any atom is -0.480 e. The second kappa shape index (κ2) is 13.5. The second-order valence-electron chi connectivity index (χ2n) is 11.2. The number of fused-ring (bicyclic) bond motifs is 1. The quantitative estimate of drug-likeness (QED) is 0.220. The number of nitrogens with zero attached hydrogens (tertiary/aromatic N) is 1. The molecule has 44 heavy (non-hydrogen) atoms. The van der Waals surface area contributed by atoms with Crippen LogP contribution in [-0.4, -0.2) is 80.0 Å². The maximum Gasteiger partial charge on any atom is 0.326 e. The third kappa shape index (κ3) is 7.76. The summed E-state index contributed by atoms with van der Waals surface area (Å²) >= 11 is 5.88. The van der Waals surface area contributed by atoms with E-state index in [1.54, 1.807) is 0 Å². The van der Waals surface area contributed by atoms with E-state index >= 15 is 0 Å². The van der Waals surface area contributed by atoms with Gasteiger partial charge in [0.05, 0.1) is 16.0 Å². The molecule has 2 fully saturated rings. The van der Waals surface area contributed by atoms with Crippen LogP contribution in [0.15, 0.2) is 58.3 Å². The molecule has 1 saturated heterocycles. The van der Waals surface area contributed by atoms with Crippen LogP contribution in [0.4, 0.5) is 0 Å². The predicted octanol–water partition coefficient (Wildman–Crippen LogP) is 1.55. The lowest BCUT2D eigenvalue weighted by molar-refractivity contribution is -0.151. The highest BCUT2D eigenvalue weighted by Crippen LogP contribution is 2.41. The summed E-state index contributed by atoms with van der Waals surface area (Å²) in [5.41, 5.74) is 0.946. The van der Waals surface area contributed by atoms with Crippen LogP contribution in [0.3, 0.4) is 0 Å². The van der Waals surface area contributed by atoms with Crippen LogP contribution in [0.25, 0.3) is 0 Å². The Labute approximate surface area is 260 Å². The van der Waals surface area contributed by atoms with Gasteiger partial charge in [0.25, 0.3) is 0 Å². The Bertz CT molecular complexity index is 1620. The summed E-state index contributed by atoms with van der Waals surface area (Å²) in [6.45, 7) is 1.51. The molecule has 5 unspecified atom stereocenters. The van der Waals surface area contributed by atoms with Crippen molar-refractivity contribution in [3.8, 4) is 0 Å². The van der Waals surface area contributed by atoms with Crippen molar-refractivity contribution in [3.05, 3.63) is 59.1 Å². The normalized spacial score (nSPS) is 23.5. The third-order valence-corrected chi connectivity index (χ3v) is 11.1. The van der Waals surface area contributed by atoms with Gasteiger partial charge in [0.2, 0.25) is 26.0 Å². The van der Waals surface area contributed by atoms with Gasteiger partial charge in [0.1, 0.15) is 17.0 Å². The highest BCUT2D eigenvalue weighted by atomic mass is 35.5. The third-order valence-electron chi connectivity index (χ3n) is 8.23. The Morgan fingerprint density at radius 2 is 1.73 bits per heavy atom. The molecule has 1 amide bonds. The molecular weight excluding hydrogens is 636 g/mol. The molecule has 0 radical (unpaired) electrons. The number of benzene rings is 2. The Hall–Kier alpha value is -3.08. The summed E-state index contributed by atoms with van der Waals surface area (Å²) in [6.07, 6.45) is 1.61. The average Bonchev–Trinajstić information content (AvgIpc) is 3.33. The molecular formula is C28H35ClN4O9S2. The lowest BCUT2D eigenvalue weighted by Crippen LogP contribution is -2.56. The van der Waals surface area contributed by atoms with Gasteiger partial charge in [0.15, 0.2) is 0 Å². The van der Waals surface area contributed by atoms with Crippen LogP contribution in [0.1, 0.15) is 44.6 Å². The zero-order valence-corrected chi connectivity index (χ0v) is 26.2. The summed E-state index contributed by atoms with van der Waals surface area (Å²) in [7, 11) is -8.48. The number of aliphatic carboxylic acids is 2. The van der Waals surface area contributed by atoms with Gasteiger partial charge in [-0.1, -0.05) is 41.9 Å². The van der Waals surface area contributed by atoms with Gasteiger partial charge in [-0.15, -0.1) is 0 Å². The molecule has 1 aliphatic heterocycles. The number of aryl methyl sites for hydroxylation is 1. The van der Waals surface area contributed by atoms with Crippen molar-refractivity contribution in [2.24, 2.45) is 11.1 Å². The standard InChI is InChI=1S/C28H35ClN4O9S2/c1-16(31-22(27(35)36)11-7-17-5-3-2-4-6-17)26(34)33-23-12-8-19(13-18(23)14-24(33)28(37)38)32-44(41,42)20-9-10-21(29)25(15-20)43(30,39)40/h2-6,9-10,15-16,18-19,22-24,31-32H,7-8,11-14H2,1H3,(H,35,36)(H,37,38)(H2,30,39,40)/t16-,18?,19?,22?,23?,24?/m0/s1. The molecule has 1 aliphatic carbocycles. The fraction of sp³-hybridized carbons (Fsp3) is 0.464. The van der Waals surface area contributed by atoms with Crippen molar-refractivity contribution in [1.82, 2.24) is 14.9 Å². The lowest BCUT2D eigenvalue weighted by atomic mass is 9.82. The van der Waals surface area contributed by atoms with Crippen LogP contribution >= 0.6 is 11.6 Å². The van der Waals surface area contributed by atoms with Crippen LogP contribution in [0, 0.1) is 5.92 Å². The van der Waals surface area contributed by atoms with Crippen molar-refractivity contribution in [3.63, 3.8) is 0 Å². The highest BCUT2D eigenvalue weighted by molar-refractivity contribution is 7.90. The number of rotatable bonds is 12. The zero-order valence-electron chi connectivity index (χ0n) is 23.8. The number of nitrogens with one attached hydrogen (secondary N) is 2. The number of nitrogens with two attached hydrogens (primary N) is 1. The number of carboxylic acids is 2. The molecule has 2 aliphatic rings. The molecule has 4 rings (SSSR count). The van der Waals surface area contributed by atoms with Gasteiger partial charge in [-0.2, -0.15) is 0 Å². The summed E-state index contributed by atoms with van der Waals surface area (Å²) in [5, 5.41) is 27.5. The molecule has 0 aromatic heterocycles. The van der Waals surface area contributed by atoms with Crippen LogP contribution in [0.5, 0.6) is 0 Å². The molecule has 0 spiro atoms. The van der Waals surface area contributed by atoms with Crippen molar-refractivity contribution in [2.75, 3.05) is 0 Å². The molecule has 1 heterocycles. The number of primary sulfonamides is 1. The van der Waals surface area contributed by atoms with E-state index < -0.39 is 73.0 Å². The number of carbonyl (C=O) groups is 3. The maximum atomic E-state index is 13.6. The minimum atomic E-state index is -4.28. The minimum absolute atomic E-state index is 0.101. The number of amides is 1. The van der Waals surface area contributed by atoms with Crippen molar-refractivity contribution in [1.29, 1.82) is 0 Å². The first-order valence-electron chi connectivity index (χ1n) is 14.0. The maximum absolute atomic E-state index is 13.6. The number of carboxylic acid groups (broad SMARTS) is 2. The van der Waals surface area contributed by atoms with E-state index in [-0.39, 0.29) is 41.5 Å². The first kappa shape index (κ1) is 33.8. The Morgan fingerprint density at radius 1 is 1.05 bits per heavy atom. The fourth-order valence-electron chi connectivity index (χ4n) is 6.13. The van der Waals surface area contributed by atoms with Gasteiger partial charge in [-0.3, -0.25) is 14.9 Å². The van der Waals surface area contributed by atoms with Crippen LogP contribution in [0.2, 0.25) is 5.02 Å². The molecule has 240 valence electrons. The SMILES string of the molecule is C[C@H](NC(CCc1ccccc1)C(=O)O)C(=O)N1C(C(=O)O)CC2CC(NS(=O)(=O)c3ccc(Cl)c(S(N)(=O)=O)c3)CCC21. The van der Waals surface area contributed by atoms with Gasteiger partial charge >= 0.3 is 11.9 Å². The molecule has 2 aromatic carbocycles. The topological polar surface area (TPSA) is 213 Å². The predicted molar refractivity (Wildman–Crippen MR) is 160 cm³/mol. The van der Waals surface area contributed by atoms with Gasteiger partial charge < -0.3 is 15.1 Å². The van der Waals surface area contributed by atoms with E-state index in [2.05, 4.69) is 10.0 Å². The van der Waals surface area contributed by atoms with Gasteiger partial charge in [-0.05, 0) is 75.1 Å². The Morgan fingerprint density at radius 3 is 2.34 bits per heavy atom. The first-order chi connectivity index (χ1) is 20.6. The number of hydrogen-bond donors (Lipinski definition) is 5. The molecule has 6 atom stereocenters. The molecule has 2 aromatic rings. The number of likely N-dealkylation sites (tertiary alicyclic amines) is 1. The smallest absolute Gasteiger partial charge is 0.326 e. The molecule has 6 N–H and O–H groups in total. The van der Waals surface area contributed by atoms with E-state index in [1.807, 2.05) is 30.3 Å². The van der Waals surface area contributed by atoms with E-state index in [4.69, 9.17) is 16.7 Å². The molecule has 0 bridgehead atoms. The molecule has 1 saturated carbocycles. The molecule has 16 heteroatoms. The fourth-order valence-corrected chi connectivity index (χ4v) is 8.58. The van der Waals surface area contributed by atoms with Crippen molar-refractivity contribution >= 4 is 49.5 Å². The van der Waals surface area contributed by atoms with E-state index in [0.29, 0.717) is 12.8 Å². The van der Waals surface area contributed by atoms with E-state index in [9.17, 15) is 41.4 Å². The summed E-state index contributed by atoms with van der Waals surface area (Å²) in [4.78, 5) is 38.2. The average molecular weight is 671 g/mol. The zero-order chi connectivity index (χ0) is 32.4. The Balaban J connectivity index is 1.44. The number of carbonyl (C=O) groups excluding carboxylic acids is 1. The highest BCUT2D eigenvalue weighted by Gasteiger charge is 2.50. The summed E-state index contributed by atoms with van der Waals surface area (Å²) in [6, 6.07) is 8.19. The number of sulfonamides is 2. The van der Waals surface area contributed by atoms with Gasteiger partial charge in [-0.25, -0.2) is 31.5 Å². The summed E-state index contributed by atoms with van der Waals surface area (Å²) in [5.74, 6) is -3.20. The lowest BCUT2D eigenvalue weighted by Gasteiger charge is -2.37. The number of halogens is 1. The second-order valence-corrected chi connectivity index (χ2v) is 14.9. The monoisotopic (exact) mass is 670 g/mol. The van der Waals surface area contributed by atoms with Crippen molar-refractivity contribution < 1.29 is 41.4 Å². The Kier molecular flexibility index (Phi) is 10.4. The largest absolute Gasteiger partial charge is 0.480 e. The molecule has 13 nitrogen and oxygen atoms in total. The van der Waals surface area contributed by atoms with Crippen LogP contribution in [-0.2, 0) is 40.9 Å². The number of hydrogen-bond acceptors (Lipinski definition) is 8. The van der Waals surface area contributed by atoms with E-state index in [1.165, 1.54) is 11.8 Å². The van der Waals surface area contributed by atoms with Crippen LogP contribution < -0.4 is 15.2 Å². The first-order valence-corrected chi connectivity index (χ1v) is 17.4.